The third-order valence-corrected chi connectivity index (χ3v) is 4.37. The fourth-order valence-corrected chi connectivity index (χ4v) is 2.96. The van der Waals surface area contributed by atoms with E-state index in [1.807, 2.05) is 11.8 Å². The molecule has 148 valence electrons. The molecule has 3 aromatic rings. The monoisotopic (exact) mass is 397 g/mol. The van der Waals surface area contributed by atoms with Gasteiger partial charge in [0.2, 0.25) is 0 Å². The van der Waals surface area contributed by atoms with E-state index in [0.29, 0.717) is 24.6 Å². The lowest BCUT2D eigenvalue weighted by atomic mass is 10.1. The number of carbonyl (C=O) groups excluding carboxylic acids is 1. The molecular formula is C20H17F2N5O2. The Labute approximate surface area is 165 Å². The van der Waals surface area contributed by atoms with Crippen molar-refractivity contribution in [2.24, 2.45) is 0 Å². The zero-order chi connectivity index (χ0) is 20.4. The molecule has 1 aliphatic heterocycles. The molecule has 0 aliphatic carbocycles. The fraction of sp³-hybridized carbons (Fsp3) is 0.200. The van der Waals surface area contributed by atoms with E-state index in [2.05, 4.69) is 20.3 Å². The molecule has 1 aliphatic rings. The predicted octanol–water partition coefficient (Wildman–Crippen LogP) is 2.98. The summed E-state index contributed by atoms with van der Waals surface area (Å²) in [7, 11) is 0. The van der Waals surface area contributed by atoms with Crippen LogP contribution in [0.1, 0.15) is 16.1 Å². The van der Waals surface area contributed by atoms with E-state index in [1.54, 1.807) is 18.5 Å². The molecule has 1 saturated heterocycles. The van der Waals surface area contributed by atoms with Gasteiger partial charge in [-0.3, -0.25) is 9.78 Å². The first-order valence-corrected chi connectivity index (χ1v) is 8.90. The summed E-state index contributed by atoms with van der Waals surface area (Å²) in [6.45, 7) is 2.75. The Morgan fingerprint density at radius 2 is 1.93 bits per heavy atom. The summed E-state index contributed by atoms with van der Waals surface area (Å²) in [6, 6.07) is 5.20. The molecule has 29 heavy (non-hydrogen) atoms. The highest BCUT2D eigenvalue weighted by Gasteiger charge is 2.33. The average molecular weight is 397 g/mol. The third kappa shape index (κ3) is 4.13. The minimum absolute atomic E-state index is 0.181. The van der Waals surface area contributed by atoms with Gasteiger partial charge in [0, 0.05) is 24.7 Å². The summed E-state index contributed by atoms with van der Waals surface area (Å²) in [5.41, 5.74) is 1.66. The number of rotatable bonds is 5. The molecule has 4 rings (SSSR count). The van der Waals surface area contributed by atoms with Crippen LogP contribution >= 0.6 is 0 Å². The molecule has 0 saturated carbocycles. The molecule has 0 atom stereocenters. The van der Waals surface area contributed by atoms with Crippen molar-refractivity contribution >= 4 is 17.4 Å². The summed E-state index contributed by atoms with van der Waals surface area (Å²) in [4.78, 5) is 27.0. The lowest BCUT2D eigenvalue weighted by Gasteiger charge is -2.40. The minimum atomic E-state index is -0.961. The highest BCUT2D eigenvalue weighted by molar-refractivity contribution is 6.06. The number of amides is 1. The molecule has 1 aromatic carbocycles. The predicted molar refractivity (Wildman–Crippen MR) is 102 cm³/mol. The number of pyridine rings is 1. The molecule has 0 radical (unpaired) electrons. The second-order valence-corrected chi connectivity index (χ2v) is 6.65. The van der Waals surface area contributed by atoms with Gasteiger partial charge in [-0.25, -0.2) is 18.7 Å². The number of aryl methyl sites for hydroxylation is 1. The van der Waals surface area contributed by atoms with Gasteiger partial charge in [0.1, 0.15) is 11.9 Å². The van der Waals surface area contributed by atoms with E-state index in [1.165, 1.54) is 18.5 Å². The van der Waals surface area contributed by atoms with Crippen LogP contribution in [0.25, 0.3) is 0 Å². The van der Waals surface area contributed by atoms with E-state index in [0.717, 1.165) is 17.7 Å². The molecule has 9 heteroatoms. The van der Waals surface area contributed by atoms with Gasteiger partial charge < -0.3 is 15.0 Å². The Morgan fingerprint density at radius 1 is 1.14 bits per heavy atom. The molecule has 1 fully saturated rings. The van der Waals surface area contributed by atoms with Gasteiger partial charge in [0.15, 0.2) is 23.1 Å². The van der Waals surface area contributed by atoms with Crippen molar-refractivity contribution in [3.63, 3.8) is 0 Å². The van der Waals surface area contributed by atoms with Crippen molar-refractivity contribution in [1.82, 2.24) is 15.0 Å². The Balaban J connectivity index is 1.42. The van der Waals surface area contributed by atoms with Gasteiger partial charge in [-0.2, -0.15) is 0 Å². The minimum Gasteiger partial charge on any atom is -0.487 e. The molecule has 1 amide bonds. The van der Waals surface area contributed by atoms with Gasteiger partial charge in [-0.15, -0.1) is 0 Å². The topological polar surface area (TPSA) is 80.2 Å². The van der Waals surface area contributed by atoms with Crippen molar-refractivity contribution < 1.29 is 18.3 Å². The van der Waals surface area contributed by atoms with E-state index >= 15 is 0 Å². The van der Waals surface area contributed by atoms with Crippen LogP contribution in [0.5, 0.6) is 5.75 Å². The zero-order valence-electron chi connectivity index (χ0n) is 15.5. The summed E-state index contributed by atoms with van der Waals surface area (Å²) in [6.07, 6.45) is 5.96. The molecule has 3 heterocycles. The van der Waals surface area contributed by atoms with Crippen molar-refractivity contribution in [3.8, 4) is 5.75 Å². The number of halogens is 2. The second kappa shape index (κ2) is 7.78. The summed E-state index contributed by atoms with van der Waals surface area (Å²) in [5, 5.41) is 2.77. The average Bonchev–Trinajstić information content (AvgIpc) is 2.67. The van der Waals surface area contributed by atoms with E-state index < -0.39 is 17.5 Å². The number of nitrogens with zero attached hydrogens (tertiary/aromatic N) is 4. The SMILES string of the molecule is Cc1cncc(NC(=O)c2nccnc2N2CC(Oc3ccc(F)c(F)c3)C2)c1. The van der Waals surface area contributed by atoms with Crippen LogP contribution in [0.4, 0.5) is 20.3 Å². The maximum Gasteiger partial charge on any atom is 0.278 e. The molecule has 1 N–H and O–H groups in total. The Hall–Kier alpha value is -3.62. The maximum absolute atomic E-state index is 13.3. The van der Waals surface area contributed by atoms with E-state index in [4.69, 9.17) is 4.74 Å². The Morgan fingerprint density at radius 3 is 2.69 bits per heavy atom. The van der Waals surface area contributed by atoms with Crippen LogP contribution < -0.4 is 15.0 Å². The lowest BCUT2D eigenvalue weighted by molar-refractivity contribution is 0.102. The lowest BCUT2D eigenvalue weighted by Crippen LogP contribution is -2.54. The summed E-state index contributed by atoms with van der Waals surface area (Å²) in [5.74, 6) is -1.61. The molecular weight excluding hydrogens is 380 g/mol. The van der Waals surface area contributed by atoms with E-state index in [-0.39, 0.29) is 17.5 Å². The van der Waals surface area contributed by atoms with Crippen LogP contribution in [-0.4, -0.2) is 40.1 Å². The van der Waals surface area contributed by atoms with Crippen molar-refractivity contribution in [3.05, 3.63) is 71.9 Å². The molecule has 2 aromatic heterocycles. The molecule has 7 nitrogen and oxygen atoms in total. The third-order valence-electron chi connectivity index (χ3n) is 4.37. The summed E-state index contributed by atoms with van der Waals surface area (Å²) < 4.78 is 32.0. The number of ether oxygens (including phenoxy) is 1. The Kier molecular flexibility index (Phi) is 5.03. The van der Waals surface area contributed by atoms with Crippen LogP contribution in [0.3, 0.4) is 0 Å². The smallest absolute Gasteiger partial charge is 0.278 e. The highest BCUT2D eigenvalue weighted by atomic mass is 19.2. The van der Waals surface area contributed by atoms with Gasteiger partial charge >= 0.3 is 0 Å². The first-order chi connectivity index (χ1) is 14.0. The van der Waals surface area contributed by atoms with Gasteiger partial charge in [0.05, 0.1) is 25.0 Å². The largest absolute Gasteiger partial charge is 0.487 e. The first kappa shape index (κ1) is 18.7. The van der Waals surface area contributed by atoms with Gasteiger partial charge in [-0.05, 0) is 30.7 Å². The molecule has 0 spiro atoms. The number of benzene rings is 1. The number of carbonyl (C=O) groups is 1. The zero-order valence-corrected chi connectivity index (χ0v) is 15.5. The highest BCUT2D eigenvalue weighted by Crippen LogP contribution is 2.26. The maximum atomic E-state index is 13.3. The molecule has 0 bridgehead atoms. The van der Waals surface area contributed by atoms with Crippen molar-refractivity contribution in [2.45, 2.75) is 13.0 Å². The first-order valence-electron chi connectivity index (χ1n) is 8.90. The number of hydrogen-bond donors (Lipinski definition) is 1. The number of anilines is 2. The fourth-order valence-electron chi connectivity index (χ4n) is 2.96. The number of aromatic nitrogens is 3. The van der Waals surface area contributed by atoms with Crippen LogP contribution in [-0.2, 0) is 0 Å². The van der Waals surface area contributed by atoms with E-state index in [9.17, 15) is 13.6 Å². The Bertz CT molecular complexity index is 1060. The van der Waals surface area contributed by atoms with Crippen molar-refractivity contribution in [2.75, 3.05) is 23.3 Å². The van der Waals surface area contributed by atoms with Crippen LogP contribution in [0, 0.1) is 18.6 Å². The second-order valence-electron chi connectivity index (χ2n) is 6.65. The van der Waals surface area contributed by atoms with Crippen LogP contribution in [0.15, 0.2) is 49.1 Å². The number of hydrogen-bond acceptors (Lipinski definition) is 6. The summed E-state index contributed by atoms with van der Waals surface area (Å²) >= 11 is 0. The van der Waals surface area contributed by atoms with Gasteiger partial charge in [0.25, 0.3) is 5.91 Å². The standard InChI is InChI=1S/C20H17F2N5O2/c1-12-6-13(9-23-8-12)26-20(28)18-19(25-5-4-24-18)27-10-15(11-27)29-14-2-3-16(21)17(22)7-14/h2-9,15H,10-11H2,1H3,(H,26,28). The van der Waals surface area contributed by atoms with Crippen LogP contribution in [0.2, 0.25) is 0 Å². The van der Waals surface area contributed by atoms with Crippen molar-refractivity contribution in [1.29, 1.82) is 0 Å². The van der Waals surface area contributed by atoms with Gasteiger partial charge in [-0.1, -0.05) is 0 Å². The number of nitrogens with one attached hydrogen (secondary N) is 1. The molecule has 0 unspecified atom stereocenters. The quantitative estimate of drug-likeness (QED) is 0.713. The normalized spacial score (nSPS) is 13.7.